The molecule has 0 saturated heterocycles. The number of hydrogen-bond acceptors (Lipinski definition) is 4. The van der Waals surface area contributed by atoms with Crippen LogP contribution in [0.1, 0.15) is 54.1 Å². The highest BCUT2D eigenvalue weighted by atomic mass is 79.9. The summed E-state index contributed by atoms with van der Waals surface area (Å²) in [7, 11) is 0. The molecule has 1 aliphatic heterocycles. The summed E-state index contributed by atoms with van der Waals surface area (Å²) in [5.41, 5.74) is 2.82. The molecule has 7 heteroatoms. The molecule has 4 aromatic rings. The number of hydrogen-bond donors (Lipinski definition) is 1. The topological polar surface area (TPSA) is 70.7 Å². The molecule has 0 spiro atoms. The summed E-state index contributed by atoms with van der Waals surface area (Å²) in [6.45, 7) is 6.38. The van der Waals surface area contributed by atoms with Crippen molar-refractivity contribution in [2.45, 2.75) is 38.8 Å². The van der Waals surface area contributed by atoms with E-state index in [2.05, 4.69) is 36.7 Å². The highest BCUT2D eigenvalue weighted by molar-refractivity contribution is 9.10. The molecule has 0 fully saturated rings. The molecule has 1 aromatic heterocycles. The lowest BCUT2D eigenvalue weighted by molar-refractivity contribution is -0.130. The van der Waals surface area contributed by atoms with Gasteiger partial charge in [0.25, 0.3) is 5.91 Å². The van der Waals surface area contributed by atoms with E-state index < -0.39 is 23.5 Å². The van der Waals surface area contributed by atoms with E-state index in [-0.39, 0.29) is 29.1 Å². The van der Waals surface area contributed by atoms with E-state index in [9.17, 15) is 19.1 Å². The van der Waals surface area contributed by atoms with Gasteiger partial charge in [-0.1, -0.05) is 73.1 Å². The van der Waals surface area contributed by atoms with Gasteiger partial charge in [0.2, 0.25) is 5.78 Å². The van der Waals surface area contributed by atoms with Crippen LogP contribution in [0.15, 0.2) is 93.0 Å². The molecule has 0 aliphatic carbocycles. The number of carbonyl (C=O) groups is 2. The summed E-state index contributed by atoms with van der Waals surface area (Å²) >= 11 is 3.42. The second-order valence-corrected chi connectivity index (χ2v) is 11.1. The Kier molecular flexibility index (Phi) is 6.28. The Morgan fingerprint density at radius 1 is 1.03 bits per heavy atom. The quantitative estimate of drug-likeness (QED) is 0.257. The van der Waals surface area contributed by atoms with Crippen molar-refractivity contribution in [1.29, 1.82) is 0 Å². The number of nitrogens with zero attached hydrogens (tertiary/aromatic N) is 1. The maximum absolute atomic E-state index is 13.8. The van der Waals surface area contributed by atoms with Gasteiger partial charge < -0.3 is 14.4 Å². The molecule has 5 rings (SSSR count). The molecule has 0 bridgehead atoms. The third-order valence-corrected chi connectivity index (χ3v) is 7.10. The fourth-order valence-electron chi connectivity index (χ4n) is 4.61. The first-order valence-electron chi connectivity index (χ1n) is 11.9. The van der Waals surface area contributed by atoms with E-state index in [4.69, 9.17) is 4.42 Å². The standard InChI is InChI=1S/C30H25BrFNO4/c1-30(2,3)20-8-6-18(7-9-20)26-25(27(34)24-15-19-14-21(31)10-13-23(19)37-24)28(35)29(36)33(26)16-17-4-11-22(32)12-5-17/h4-15,26,35H,16H2,1-3H3. The number of ketones is 1. The number of benzene rings is 3. The number of amides is 1. The van der Waals surface area contributed by atoms with E-state index in [0.29, 0.717) is 16.7 Å². The largest absolute Gasteiger partial charge is 0.503 e. The van der Waals surface area contributed by atoms with Crippen molar-refractivity contribution in [3.63, 3.8) is 0 Å². The third kappa shape index (κ3) is 4.71. The maximum Gasteiger partial charge on any atom is 0.290 e. The lowest BCUT2D eigenvalue weighted by atomic mass is 9.85. The SMILES string of the molecule is CC(C)(C)c1ccc(C2C(C(=O)c3cc4cc(Br)ccc4o3)=C(O)C(=O)N2Cc2ccc(F)cc2)cc1. The molecule has 5 nitrogen and oxygen atoms in total. The van der Waals surface area contributed by atoms with Crippen LogP contribution in [0, 0.1) is 5.82 Å². The van der Waals surface area contributed by atoms with Gasteiger partial charge in [0.15, 0.2) is 11.5 Å². The zero-order valence-corrected chi connectivity index (χ0v) is 22.2. The summed E-state index contributed by atoms with van der Waals surface area (Å²) in [5, 5.41) is 11.7. The van der Waals surface area contributed by atoms with Crippen LogP contribution in [-0.4, -0.2) is 21.7 Å². The van der Waals surface area contributed by atoms with Gasteiger partial charge in [-0.25, -0.2) is 4.39 Å². The Morgan fingerprint density at radius 3 is 2.35 bits per heavy atom. The van der Waals surface area contributed by atoms with Crippen molar-refractivity contribution in [2.75, 3.05) is 0 Å². The number of rotatable bonds is 5. The van der Waals surface area contributed by atoms with Gasteiger partial charge >= 0.3 is 0 Å². The zero-order chi connectivity index (χ0) is 26.5. The Morgan fingerprint density at radius 2 is 1.70 bits per heavy atom. The number of aliphatic hydroxyl groups is 1. The first-order valence-corrected chi connectivity index (χ1v) is 12.6. The first-order chi connectivity index (χ1) is 17.5. The van der Waals surface area contributed by atoms with Crippen molar-refractivity contribution in [1.82, 2.24) is 4.90 Å². The van der Waals surface area contributed by atoms with Crippen LogP contribution in [0.5, 0.6) is 0 Å². The normalized spacial score (nSPS) is 16.2. The molecule has 188 valence electrons. The van der Waals surface area contributed by atoms with Gasteiger partial charge in [-0.15, -0.1) is 0 Å². The van der Waals surface area contributed by atoms with Crippen LogP contribution >= 0.6 is 15.9 Å². The minimum Gasteiger partial charge on any atom is -0.503 e. The number of fused-ring (bicyclic) bond motifs is 1. The van der Waals surface area contributed by atoms with Gasteiger partial charge in [-0.05, 0) is 58.5 Å². The monoisotopic (exact) mass is 561 g/mol. The van der Waals surface area contributed by atoms with Crippen LogP contribution in [0.3, 0.4) is 0 Å². The number of aliphatic hydroxyl groups excluding tert-OH is 1. The molecule has 3 aromatic carbocycles. The lowest BCUT2D eigenvalue weighted by Crippen LogP contribution is -2.30. The summed E-state index contributed by atoms with van der Waals surface area (Å²) < 4.78 is 20.1. The van der Waals surface area contributed by atoms with Crippen LogP contribution in [0.25, 0.3) is 11.0 Å². The number of halogens is 2. The molecule has 2 heterocycles. The van der Waals surface area contributed by atoms with Crippen LogP contribution < -0.4 is 0 Å². The smallest absolute Gasteiger partial charge is 0.290 e. The van der Waals surface area contributed by atoms with E-state index in [1.165, 1.54) is 17.0 Å². The summed E-state index contributed by atoms with van der Waals surface area (Å²) in [4.78, 5) is 28.5. The first kappa shape index (κ1) is 25.0. The molecule has 1 N–H and O–H groups in total. The zero-order valence-electron chi connectivity index (χ0n) is 20.6. The minimum atomic E-state index is -0.848. The molecular formula is C30H25BrFNO4. The number of Topliss-reactive ketones (excluding diaryl/α,β-unsaturated/α-hetero) is 1. The van der Waals surface area contributed by atoms with Gasteiger partial charge in [0.1, 0.15) is 11.4 Å². The number of carbonyl (C=O) groups excluding carboxylic acids is 2. The minimum absolute atomic E-state index is 0.0300. The van der Waals surface area contributed by atoms with Gasteiger partial charge in [0, 0.05) is 16.4 Å². The number of furan rings is 1. The summed E-state index contributed by atoms with van der Waals surface area (Å²) in [6, 6.07) is 19.6. The van der Waals surface area contributed by atoms with E-state index in [1.807, 2.05) is 30.3 Å². The predicted octanol–water partition coefficient (Wildman–Crippen LogP) is 7.41. The third-order valence-electron chi connectivity index (χ3n) is 6.61. The highest BCUT2D eigenvalue weighted by Crippen LogP contribution is 2.41. The Hall–Kier alpha value is -3.71. The van der Waals surface area contributed by atoms with E-state index in [0.717, 1.165) is 15.4 Å². The Labute approximate surface area is 222 Å². The van der Waals surface area contributed by atoms with Crippen molar-refractivity contribution in [2.24, 2.45) is 0 Å². The summed E-state index contributed by atoms with van der Waals surface area (Å²) in [5.74, 6) is -2.21. The highest BCUT2D eigenvalue weighted by Gasteiger charge is 2.44. The molecule has 0 radical (unpaired) electrons. The molecule has 1 unspecified atom stereocenters. The Balaban J connectivity index is 1.59. The maximum atomic E-state index is 13.8. The van der Waals surface area contributed by atoms with Gasteiger partial charge in [0.05, 0.1) is 11.6 Å². The van der Waals surface area contributed by atoms with E-state index >= 15 is 0 Å². The fourth-order valence-corrected chi connectivity index (χ4v) is 4.98. The van der Waals surface area contributed by atoms with E-state index in [1.54, 1.807) is 30.3 Å². The van der Waals surface area contributed by atoms with Crippen molar-refractivity contribution >= 4 is 38.6 Å². The van der Waals surface area contributed by atoms with Gasteiger partial charge in [-0.3, -0.25) is 9.59 Å². The molecule has 0 saturated carbocycles. The molecule has 1 amide bonds. The van der Waals surface area contributed by atoms with Crippen LogP contribution in [-0.2, 0) is 16.8 Å². The lowest BCUT2D eigenvalue weighted by Gasteiger charge is -2.27. The van der Waals surface area contributed by atoms with Crippen LogP contribution in [0.2, 0.25) is 0 Å². The van der Waals surface area contributed by atoms with Gasteiger partial charge in [-0.2, -0.15) is 0 Å². The second kappa shape index (κ2) is 9.30. The second-order valence-electron chi connectivity index (χ2n) is 10.2. The Bertz CT molecular complexity index is 1550. The van der Waals surface area contributed by atoms with Crippen molar-refractivity contribution < 1.29 is 23.5 Å². The molecule has 1 atom stereocenters. The predicted molar refractivity (Wildman–Crippen MR) is 143 cm³/mol. The summed E-state index contributed by atoms with van der Waals surface area (Å²) in [6.07, 6.45) is 0. The molecule has 37 heavy (non-hydrogen) atoms. The molecule has 1 aliphatic rings. The average Bonchev–Trinajstić information content (AvgIpc) is 3.38. The van der Waals surface area contributed by atoms with Crippen molar-refractivity contribution in [3.05, 3.63) is 117 Å². The van der Waals surface area contributed by atoms with Crippen molar-refractivity contribution in [3.8, 4) is 0 Å². The average molecular weight is 562 g/mol. The van der Waals surface area contributed by atoms with Crippen LogP contribution in [0.4, 0.5) is 4.39 Å². The fraction of sp³-hybridized carbons (Fsp3) is 0.200. The molecular weight excluding hydrogens is 537 g/mol.